The van der Waals surface area contributed by atoms with Crippen molar-refractivity contribution in [3.8, 4) is 0 Å². The maximum Gasteiger partial charge on any atom is 0.185 e. The molecule has 0 saturated carbocycles. The minimum atomic E-state index is 0.404. The predicted octanol–water partition coefficient (Wildman–Crippen LogP) is 3.75. The average Bonchev–Trinajstić information content (AvgIpc) is 2.76. The topological polar surface area (TPSA) is 28.2 Å². The molecule has 0 saturated heterocycles. The van der Waals surface area contributed by atoms with E-state index in [0.717, 1.165) is 18.1 Å². The molecule has 3 nitrogen and oxygen atoms in total. The maximum absolute atomic E-state index is 4.71. The molecule has 2 unspecified atom stereocenters. The minimum Gasteiger partial charge on any atom is -0.348 e. The first kappa shape index (κ1) is 15.4. The summed E-state index contributed by atoms with van der Waals surface area (Å²) in [5.74, 6) is 0. The molecule has 1 aromatic heterocycles. The van der Waals surface area contributed by atoms with Crippen LogP contribution >= 0.6 is 11.3 Å². The number of hydrogen-bond acceptors (Lipinski definition) is 4. The molecule has 0 amide bonds. The molecule has 1 heterocycles. The zero-order valence-corrected chi connectivity index (χ0v) is 13.4. The van der Waals surface area contributed by atoms with E-state index in [-0.39, 0.29) is 0 Å². The highest BCUT2D eigenvalue weighted by Gasteiger charge is 2.17. The number of nitrogens with zero attached hydrogens (tertiary/aromatic N) is 2. The van der Waals surface area contributed by atoms with Gasteiger partial charge in [-0.15, -0.1) is 11.3 Å². The third-order valence-corrected chi connectivity index (χ3v) is 4.90. The summed E-state index contributed by atoms with van der Waals surface area (Å²) in [4.78, 5) is 8.37. The Hall–Kier alpha value is -0.610. The van der Waals surface area contributed by atoms with Crippen molar-refractivity contribution >= 4 is 16.5 Å². The second kappa shape index (κ2) is 7.10. The van der Waals surface area contributed by atoms with E-state index in [1.54, 1.807) is 0 Å². The van der Waals surface area contributed by atoms with Gasteiger partial charge in [0.15, 0.2) is 5.13 Å². The van der Waals surface area contributed by atoms with Crippen LogP contribution in [-0.4, -0.2) is 24.6 Å². The van der Waals surface area contributed by atoms with Gasteiger partial charge in [0.1, 0.15) is 0 Å². The molecule has 0 aliphatic rings. The number of anilines is 1. The van der Waals surface area contributed by atoms with Crippen molar-refractivity contribution in [1.29, 1.82) is 0 Å². The predicted molar refractivity (Wildman–Crippen MR) is 81.7 cm³/mol. The summed E-state index contributed by atoms with van der Waals surface area (Å²) in [5, 5.41) is 4.68. The smallest absolute Gasteiger partial charge is 0.185 e. The van der Waals surface area contributed by atoms with Gasteiger partial charge in [-0.1, -0.05) is 13.8 Å². The van der Waals surface area contributed by atoms with Crippen molar-refractivity contribution in [1.82, 2.24) is 10.3 Å². The number of thiazole rings is 1. The molecule has 0 fully saturated rings. The van der Waals surface area contributed by atoms with E-state index < -0.39 is 0 Å². The molecule has 18 heavy (non-hydrogen) atoms. The van der Waals surface area contributed by atoms with Crippen molar-refractivity contribution < 1.29 is 0 Å². The Bertz CT molecular complexity index is 362. The highest BCUT2D eigenvalue weighted by atomic mass is 32.1. The van der Waals surface area contributed by atoms with Crippen LogP contribution in [0.25, 0.3) is 0 Å². The second-order valence-electron chi connectivity index (χ2n) is 4.99. The summed E-state index contributed by atoms with van der Waals surface area (Å²) in [5.41, 5.74) is 1.17. The number of hydrogen-bond donors (Lipinski definition) is 1. The van der Waals surface area contributed by atoms with Crippen LogP contribution in [0.2, 0.25) is 0 Å². The van der Waals surface area contributed by atoms with E-state index in [4.69, 9.17) is 4.98 Å². The van der Waals surface area contributed by atoms with Gasteiger partial charge >= 0.3 is 0 Å². The summed E-state index contributed by atoms with van der Waals surface area (Å²) in [7, 11) is 2.14. The first-order chi connectivity index (χ1) is 8.51. The first-order valence-electron chi connectivity index (χ1n) is 6.94. The van der Waals surface area contributed by atoms with Gasteiger partial charge in [0, 0.05) is 24.0 Å². The van der Waals surface area contributed by atoms with Crippen LogP contribution in [0.4, 0.5) is 5.13 Å². The van der Waals surface area contributed by atoms with Crippen LogP contribution in [0, 0.1) is 6.92 Å². The Labute approximate surface area is 116 Å². The molecule has 4 heteroatoms. The Balaban J connectivity index is 2.80. The Morgan fingerprint density at radius 3 is 2.56 bits per heavy atom. The molecule has 0 aromatic carbocycles. The first-order valence-corrected chi connectivity index (χ1v) is 7.76. The lowest BCUT2D eigenvalue weighted by atomic mass is 10.2. The quantitative estimate of drug-likeness (QED) is 0.817. The molecule has 0 spiro atoms. The summed E-state index contributed by atoms with van der Waals surface area (Å²) < 4.78 is 0. The lowest BCUT2D eigenvalue weighted by Gasteiger charge is -2.22. The highest BCUT2D eigenvalue weighted by molar-refractivity contribution is 7.15. The van der Waals surface area contributed by atoms with E-state index in [1.165, 1.54) is 17.0 Å². The third kappa shape index (κ3) is 3.69. The minimum absolute atomic E-state index is 0.404. The van der Waals surface area contributed by atoms with Gasteiger partial charge in [0.2, 0.25) is 0 Å². The molecule has 0 aliphatic heterocycles. The molecule has 0 bridgehead atoms. The lowest BCUT2D eigenvalue weighted by Crippen LogP contribution is -2.27. The van der Waals surface area contributed by atoms with E-state index in [9.17, 15) is 0 Å². The van der Waals surface area contributed by atoms with Crippen molar-refractivity contribution in [3.05, 3.63) is 10.6 Å². The van der Waals surface area contributed by atoms with Crippen molar-refractivity contribution in [3.63, 3.8) is 0 Å². The Morgan fingerprint density at radius 1 is 1.33 bits per heavy atom. The van der Waals surface area contributed by atoms with Crippen LogP contribution in [0.15, 0.2) is 0 Å². The van der Waals surface area contributed by atoms with Crippen LogP contribution < -0.4 is 10.2 Å². The fraction of sp³-hybridized carbons (Fsp3) is 0.786. The normalized spacial score (nSPS) is 14.6. The second-order valence-corrected chi connectivity index (χ2v) is 6.00. The SMILES string of the molecule is CCCNC(C)c1sc(N(C)C(C)CC)nc1C. The Morgan fingerprint density at radius 2 is 2.00 bits per heavy atom. The standard InChI is InChI=1S/C14H27N3S/c1-7-9-15-11(4)13-12(5)16-14(18-13)17(6)10(3)8-2/h10-11,15H,7-9H2,1-6H3. The Kier molecular flexibility index (Phi) is 6.09. The maximum atomic E-state index is 4.71. The van der Waals surface area contributed by atoms with Gasteiger partial charge in [0.25, 0.3) is 0 Å². The van der Waals surface area contributed by atoms with Crippen LogP contribution in [0.5, 0.6) is 0 Å². The molecule has 1 N–H and O–H groups in total. The van der Waals surface area contributed by atoms with E-state index in [1.807, 2.05) is 11.3 Å². The monoisotopic (exact) mass is 269 g/mol. The highest BCUT2D eigenvalue weighted by Crippen LogP contribution is 2.31. The lowest BCUT2D eigenvalue weighted by molar-refractivity contribution is 0.575. The molecule has 2 atom stereocenters. The van der Waals surface area contributed by atoms with Gasteiger partial charge in [0.05, 0.1) is 5.69 Å². The summed E-state index contributed by atoms with van der Waals surface area (Å²) in [6.07, 6.45) is 2.32. The number of aromatic nitrogens is 1. The largest absolute Gasteiger partial charge is 0.348 e. The number of rotatable bonds is 7. The van der Waals surface area contributed by atoms with Crippen LogP contribution in [-0.2, 0) is 0 Å². The van der Waals surface area contributed by atoms with Crippen LogP contribution in [0.1, 0.15) is 57.1 Å². The third-order valence-electron chi connectivity index (χ3n) is 3.47. The van der Waals surface area contributed by atoms with Gasteiger partial charge in [-0.3, -0.25) is 0 Å². The van der Waals surface area contributed by atoms with E-state index in [0.29, 0.717) is 12.1 Å². The molecular weight excluding hydrogens is 242 g/mol. The molecule has 1 aromatic rings. The zero-order chi connectivity index (χ0) is 13.7. The van der Waals surface area contributed by atoms with E-state index in [2.05, 4.69) is 51.9 Å². The van der Waals surface area contributed by atoms with Crippen molar-refractivity contribution in [2.24, 2.45) is 0 Å². The number of aryl methyl sites for hydroxylation is 1. The van der Waals surface area contributed by atoms with Crippen LogP contribution in [0.3, 0.4) is 0 Å². The molecule has 1 rings (SSSR count). The van der Waals surface area contributed by atoms with Gasteiger partial charge in [-0.05, 0) is 40.2 Å². The fourth-order valence-corrected chi connectivity index (χ4v) is 3.02. The van der Waals surface area contributed by atoms with Gasteiger partial charge < -0.3 is 10.2 Å². The van der Waals surface area contributed by atoms with Gasteiger partial charge in [-0.25, -0.2) is 4.98 Å². The number of nitrogens with one attached hydrogen (secondary N) is 1. The van der Waals surface area contributed by atoms with Gasteiger partial charge in [-0.2, -0.15) is 0 Å². The van der Waals surface area contributed by atoms with Crippen molar-refractivity contribution in [2.75, 3.05) is 18.5 Å². The average molecular weight is 269 g/mol. The summed E-state index contributed by atoms with van der Waals surface area (Å²) in [6, 6.07) is 0.948. The zero-order valence-electron chi connectivity index (χ0n) is 12.6. The summed E-state index contributed by atoms with van der Waals surface area (Å²) >= 11 is 1.82. The molecule has 0 aliphatic carbocycles. The summed E-state index contributed by atoms with van der Waals surface area (Å²) in [6.45, 7) is 12.1. The van der Waals surface area contributed by atoms with E-state index >= 15 is 0 Å². The fourth-order valence-electron chi connectivity index (χ4n) is 1.86. The molecule has 0 radical (unpaired) electrons. The molecule has 104 valence electrons. The van der Waals surface area contributed by atoms with Crippen molar-refractivity contribution in [2.45, 2.75) is 59.5 Å². The molecular formula is C14H27N3S.